The second kappa shape index (κ2) is 5.20. The van der Waals surface area contributed by atoms with Crippen LogP contribution < -0.4 is 0 Å². The Kier molecular flexibility index (Phi) is 4.49. The van der Waals surface area contributed by atoms with Crippen molar-refractivity contribution in [1.82, 2.24) is 0 Å². The molecule has 1 rings (SSSR count). The lowest BCUT2D eigenvalue weighted by Crippen LogP contribution is -2.25. The van der Waals surface area contributed by atoms with Gasteiger partial charge in [-0.3, -0.25) is 0 Å². The van der Waals surface area contributed by atoms with Gasteiger partial charge in [0.05, 0.1) is 0 Å². The zero-order valence-corrected chi connectivity index (χ0v) is 11.1. The zero-order chi connectivity index (χ0) is 10.6. The van der Waals surface area contributed by atoms with Gasteiger partial charge in [-0.1, -0.05) is 43.7 Å². The van der Waals surface area contributed by atoms with Crippen LogP contribution in [0, 0.1) is 0 Å². The lowest BCUT2D eigenvalue weighted by Gasteiger charge is -2.24. The molecule has 1 unspecified atom stereocenters. The molecule has 78 valence electrons. The molecule has 0 spiro atoms. The Hall–Kier alpha value is 0.0169. The number of rotatable bonds is 4. The molecular formula is C11H16Cl2Si. The van der Waals surface area contributed by atoms with Crippen LogP contribution in [0.3, 0.4) is 0 Å². The number of hydrogen-bond donors (Lipinski definition) is 0. The van der Waals surface area contributed by atoms with Crippen molar-refractivity contribution in [2.24, 2.45) is 0 Å². The molecule has 0 fully saturated rings. The summed E-state index contributed by atoms with van der Waals surface area (Å²) in [5.74, 6) is 0. The minimum absolute atomic E-state index is 0.358. The van der Waals surface area contributed by atoms with E-state index in [2.05, 4.69) is 19.1 Å². The molecule has 0 heterocycles. The van der Waals surface area contributed by atoms with E-state index in [4.69, 9.17) is 22.2 Å². The molecular weight excluding hydrogens is 231 g/mol. The fourth-order valence-electron chi connectivity index (χ4n) is 1.69. The Balaban J connectivity index is 2.89. The van der Waals surface area contributed by atoms with Crippen molar-refractivity contribution in [2.45, 2.75) is 31.9 Å². The van der Waals surface area contributed by atoms with Gasteiger partial charge in [-0.2, -0.15) is 0 Å². The highest BCUT2D eigenvalue weighted by Crippen LogP contribution is 2.36. The molecule has 0 amide bonds. The molecule has 0 N–H and O–H groups in total. The predicted molar refractivity (Wildman–Crippen MR) is 67.4 cm³/mol. The average Bonchev–Trinajstić information content (AvgIpc) is 2.14. The molecule has 0 aliphatic rings. The van der Waals surface area contributed by atoms with Crippen LogP contribution in [0.25, 0.3) is 0 Å². The average molecular weight is 247 g/mol. The molecule has 1 atom stereocenters. The lowest BCUT2D eigenvalue weighted by atomic mass is 10.1. The quantitative estimate of drug-likeness (QED) is 0.536. The highest BCUT2D eigenvalue weighted by Gasteiger charge is 2.33. The molecule has 1 aromatic rings. The normalized spacial score (nSPS) is 14.0. The molecule has 0 saturated carbocycles. The maximum atomic E-state index is 6.32. The highest BCUT2D eigenvalue weighted by atomic mass is 35.7. The van der Waals surface area contributed by atoms with Gasteiger partial charge in [0.1, 0.15) is 0 Å². The topological polar surface area (TPSA) is 0 Å². The molecule has 0 radical (unpaired) electrons. The summed E-state index contributed by atoms with van der Waals surface area (Å²) in [6.45, 7) is 2.07. The summed E-state index contributed by atoms with van der Waals surface area (Å²) >= 11 is 12.6. The van der Waals surface area contributed by atoms with E-state index in [1.165, 1.54) is 5.56 Å². The summed E-state index contributed by atoms with van der Waals surface area (Å²) in [5.41, 5.74) is 1.64. The summed E-state index contributed by atoms with van der Waals surface area (Å²) in [5, 5.41) is 0. The van der Waals surface area contributed by atoms with Gasteiger partial charge in [-0.05, 0) is 18.5 Å². The van der Waals surface area contributed by atoms with Crippen LogP contribution in [0.15, 0.2) is 30.3 Å². The van der Waals surface area contributed by atoms with Crippen LogP contribution >= 0.6 is 22.2 Å². The summed E-state index contributed by atoms with van der Waals surface area (Å²) in [4.78, 5) is 0. The predicted octanol–water partition coefficient (Wildman–Crippen LogP) is 4.66. The maximum absolute atomic E-state index is 6.32. The first-order valence-corrected chi connectivity index (χ1v) is 9.58. The van der Waals surface area contributed by atoms with E-state index in [1.54, 1.807) is 0 Å². The molecule has 3 heteroatoms. The first-order chi connectivity index (χ1) is 6.55. The SMILES string of the molecule is CCCC(c1ccccc1)[Si](C)(Cl)Cl. The van der Waals surface area contributed by atoms with Crippen molar-refractivity contribution >= 4 is 28.9 Å². The highest BCUT2D eigenvalue weighted by molar-refractivity contribution is 7.45. The van der Waals surface area contributed by atoms with E-state index in [0.29, 0.717) is 5.54 Å². The Bertz CT molecular complexity index is 266. The Morgan fingerprint density at radius 1 is 1.21 bits per heavy atom. The van der Waals surface area contributed by atoms with Crippen LogP contribution in [0.5, 0.6) is 0 Å². The molecule has 0 bridgehead atoms. The van der Waals surface area contributed by atoms with E-state index in [9.17, 15) is 0 Å². The second-order valence-electron chi connectivity index (χ2n) is 3.71. The second-order valence-corrected chi connectivity index (χ2v) is 11.6. The third-order valence-electron chi connectivity index (χ3n) is 2.39. The fraction of sp³-hybridized carbons (Fsp3) is 0.455. The minimum atomic E-state index is -2.10. The van der Waals surface area contributed by atoms with Crippen molar-refractivity contribution < 1.29 is 0 Å². The van der Waals surface area contributed by atoms with E-state index >= 15 is 0 Å². The Labute approximate surface area is 96.7 Å². The largest absolute Gasteiger partial charge is 0.255 e. The summed E-state index contributed by atoms with van der Waals surface area (Å²) in [6.07, 6.45) is 2.21. The summed E-state index contributed by atoms with van der Waals surface area (Å²) < 4.78 is 0. The molecule has 0 aromatic heterocycles. The van der Waals surface area contributed by atoms with Crippen molar-refractivity contribution in [2.75, 3.05) is 0 Å². The molecule has 0 nitrogen and oxygen atoms in total. The van der Waals surface area contributed by atoms with E-state index in [0.717, 1.165) is 12.8 Å². The van der Waals surface area contributed by atoms with Crippen molar-refractivity contribution in [1.29, 1.82) is 0 Å². The third-order valence-corrected chi connectivity index (χ3v) is 5.82. The van der Waals surface area contributed by atoms with Gasteiger partial charge in [-0.25, -0.2) is 0 Å². The number of benzene rings is 1. The molecule has 0 saturated heterocycles. The van der Waals surface area contributed by atoms with Gasteiger partial charge >= 0.3 is 0 Å². The van der Waals surface area contributed by atoms with E-state index in [-0.39, 0.29) is 0 Å². The molecule has 0 aliphatic carbocycles. The third kappa shape index (κ3) is 3.30. The Morgan fingerprint density at radius 2 is 1.79 bits per heavy atom. The molecule has 1 aromatic carbocycles. The monoisotopic (exact) mass is 246 g/mol. The van der Waals surface area contributed by atoms with Gasteiger partial charge in [-0.15, -0.1) is 22.2 Å². The number of halogens is 2. The van der Waals surface area contributed by atoms with Gasteiger partial charge in [0, 0.05) is 5.54 Å². The van der Waals surface area contributed by atoms with E-state index < -0.39 is 6.69 Å². The maximum Gasteiger partial charge on any atom is 0.255 e. The van der Waals surface area contributed by atoms with Crippen molar-refractivity contribution in [3.63, 3.8) is 0 Å². The lowest BCUT2D eigenvalue weighted by molar-refractivity contribution is 0.758. The van der Waals surface area contributed by atoms with Gasteiger partial charge in [0.2, 0.25) is 0 Å². The fourth-order valence-corrected chi connectivity index (χ4v) is 4.67. The van der Waals surface area contributed by atoms with Crippen molar-refractivity contribution in [3.05, 3.63) is 35.9 Å². The van der Waals surface area contributed by atoms with Gasteiger partial charge in [0.15, 0.2) is 0 Å². The first-order valence-electron chi connectivity index (χ1n) is 4.98. The van der Waals surface area contributed by atoms with Gasteiger partial charge in [0.25, 0.3) is 6.69 Å². The van der Waals surface area contributed by atoms with Crippen LogP contribution in [0.2, 0.25) is 6.55 Å². The first kappa shape index (κ1) is 12.1. The summed E-state index contributed by atoms with van der Waals surface area (Å²) in [7, 11) is 0. The molecule has 0 aliphatic heterocycles. The molecule has 14 heavy (non-hydrogen) atoms. The van der Waals surface area contributed by atoms with Crippen LogP contribution in [-0.4, -0.2) is 6.69 Å². The van der Waals surface area contributed by atoms with E-state index in [1.807, 2.05) is 24.7 Å². The minimum Gasteiger partial charge on any atom is -0.145 e. The van der Waals surface area contributed by atoms with Crippen LogP contribution in [-0.2, 0) is 0 Å². The smallest absolute Gasteiger partial charge is 0.145 e. The van der Waals surface area contributed by atoms with Crippen molar-refractivity contribution in [3.8, 4) is 0 Å². The Morgan fingerprint density at radius 3 is 2.21 bits per heavy atom. The zero-order valence-electron chi connectivity index (χ0n) is 8.63. The standard InChI is InChI=1S/C11H16Cl2Si/c1-3-7-11(14(2,12)13)10-8-5-4-6-9-10/h4-6,8-9,11H,3,7H2,1-2H3. The van der Waals surface area contributed by atoms with Gasteiger partial charge < -0.3 is 0 Å². The van der Waals surface area contributed by atoms with Crippen LogP contribution in [0.4, 0.5) is 0 Å². The van der Waals surface area contributed by atoms with Crippen LogP contribution in [0.1, 0.15) is 30.9 Å². The number of hydrogen-bond acceptors (Lipinski definition) is 0. The summed E-state index contributed by atoms with van der Waals surface area (Å²) in [6, 6.07) is 10.4.